The van der Waals surface area contributed by atoms with Crippen LogP contribution in [0.15, 0.2) is 18.3 Å². The van der Waals surface area contributed by atoms with Gasteiger partial charge in [0.2, 0.25) is 0 Å². The molecular weight excluding hydrogens is 176 g/mol. The monoisotopic (exact) mass is 190 g/mol. The zero-order chi connectivity index (χ0) is 10.1. The van der Waals surface area contributed by atoms with Crippen LogP contribution in [0.25, 0.3) is 0 Å². The van der Waals surface area contributed by atoms with Gasteiger partial charge in [-0.2, -0.15) is 0 Å². The van der Waals surface area contributed by atoms with Gasteiger partial charge in [-0.3, -0.25) is 9.78 Å². The summed E-state index contributed by atoms with van der Waals surface area (Å²) in [5.74, 6) is 0.859. The highest BCUT2D eigenvalue weighted by molar-refractivity contribution is 5.96. The summed E-state index contributed by atoms with van der Waals surface area (Å²) in [5, 5.41) is 2.89. The summed E-state index contributed by atoms with van der Waals surface area (Å²) in [6, 6.07) is 3.65. The van der Waals surface area contributed by atoms with Crippen LogP contribution in [0, 0.1) is 5.92 Å². The van der Waals surface area contributed by atoms with Crippen LogP contribution < -0.4 is 5.32 Å². The standard InChI is InChI=1S/C11H14N2O/c1-7(2)9-6-13-11(14)8-4-3-5-12-10(8)9/h3-5,7,9H,6H2,1-2H3,(H,13,14). The van der Waals surface area contributed by atoms with Crippen molar-refractivity contribution in [1.29, 1.82) is 0 Å². The second-order valence-electron chi connectivity index (χ2n) is 4.00. The molecule has 0 bridgehead atoms. The Morgan fingerprint density at radius 3 is 3.07 bits per heavy atom. The third-order valence-electron chi connectivity index (χ3n) is 2.72. The second kappa shape index (κ2) is 3.40. The SMILES string of the molecule is CC(C)C1CNC(=O)c2cccnc21. The number of carbonyl (C=O) groups excluding carboxylic acids is 1. The van der Waals surface area contributed by atoms with Crippen LogP contribution in [0.2, 0.25) is 0 Å². The second-order valence-corrected chi connectivity index (χ2v) is 4.00. The van der Waals surface area contributed by atoms with Gasteiger partial charge in [-0.05, 0) is 18.1 Å². The molecule has 0 saturated carbocycles. The number of nitrogens with one attached hydrogen (secondary N) is 1. The molecule has 74 valence electrons. The summed E-state index contributed by atoms with van der Waals surface area (Å²) >= 11 is 0. The average Bonchev–Trinajstić information content (AvgIpc) is 2.18. The minimum Gasteiger partial charge on any atom is -0.351 e. The van der Waals surface area contributed by atoms with Crippen LogP contribution in [0.5, 0.6) is 0 Å². The number of hydrogen-bond donors (Lipinski definition) is 1. The number of fused-ring (bicyclic) bond motifs is 1. The van der Waals surface area contributed by atoms with E-state index in [-0.39, 0.29) is 5.91 Å². The number of nitrogens with zero attached hydrogens (tertiary/aromatic N) is 1. The number of amides is 1. The Hall–Kier alpha value is -1.38. The van der Waals surface area contributed by atoms with Crippen LogP contribution in [-0.4, -0.2) is 17.4 Å². The molecule has 2 rings (SSSR count). The smallest absolute Gasteiger partial charge is 0.253 e. The largest absolute Gasteiger partial charge is 0.351 e. The van der Waals surface area contributed by atoms with Gasteiger partial charge in [-0.1, -0.05) is 13.8 Å². The third kappa shape index (κ3) is 1.39. The van der Waals surface area contributed by atoms with E-state index < -0.39 is 0 Å². The lowest BCUT2D eigenvalue weighted by molar-refractivity contribution is 0.0934. The highest BCUT2D eigenvalue weighted by atomic mass is 16.1. The zero-order valence-electron chi connectivity index (χ0n) is 8.45. The molecule has 0 spiro atoms. The summed E-state index contributed by atoms with van der Waals surface area (Å²) in [6.45, 7) is 5.02. The summed E-state index contributed by atoms with van der Waals surface area (Å²) in [4.78, 5) is 15.8. The molecule has 3 heteroatoms. The minimum absolute atomic E-state index is 0.00463. The quantitative estimate of drug-likeness (QED) is 0.730. The Labute approximate surface area is 83.5 Å². The van der Waals surface area contributed by atoms with Gasteiger partial charge in [0, 0.05) is 18.7 Å². The molecule has 2 heterocycles. The van der Waals surface area contributed by atoms with Crippen molar-refractivity contribution in [1.82, 2.24) is 10.3 Å². The fourth-order valence-electron chi connectivity index (χ4n) is 1.85. The summed E-state index contributed by atoms with van der Waals surface area (Å²) < 4.78 is 0. The molecule has 3 nitrogen and oxygen atoms in total. The molecular formula is C11H14N2O. The first-order valence-electron chi connectivity index (χ1n) is 4.93. The average molecular weight is 190 g/mol. The van der Waals surface area contributed by atoms with E-state index in [1.807, 2.05) is 6.07 Å². The molecule has 0 fully saturated rings. The predicted molar refractivity (Wildman–Crippen MR) is 54.1 cm³/mol. The van der Waals surface area contributed by atoms with Crippen molar-refractivity contribution in [3.63, 3.8) is 0 Å². The van der Waals surface area contributed by atoms with Gasteiger partial charge in [0.25, 0.3) is 5.91 Å². The van der Waals surface area contributed by atoms with E-state index in [0.717, 1.165) is 11.3 Å². The molecule has 1 atom stereocenters. The summed E-state index contributed by atoms with van der Waals surface area (Å²) in [6.07, 6.45) is 1.76. The van der Waals surface area contributed by atoms with Gasteiger partial charge in [-0.15, -0.1) is 0 Å². The molecule has 1 N–H and O–H groups in total. The van der Waals surface area contributed by atoms with E-state index in [2.05, 4.69) is 24.1 Å². The number of carbonyl (C=O) groups is 1. The van der Waals surface area contributed by atoms with Gasteiger partial charge in [0.1, 0.15) is 0 Å². The lowest BCUT2D eigenvalue weighted by atomic mass is 9.87. The van der Waals surface area contributed by atoms with Crippen molar-refractivity contribution in [2.24, 2.45) is 5.92 Å². The molecule has 0 aromatic carbocycles. The molecule has 1 aliphatic heterocycles. The van der Waals surface area contributed by atoms with Gasteiger partial charge in [0.15, 0.2) is 0 Å². The third-order valence-corrected chi connectivity index (χ3v) is 2.72. The van der Waals surface area contributed by atoms with Crippen LogP contribution in [0.3, 0.4) is 0 Å². The first-order valence-corrected chi connectivity index (χ1v) is 4.93. The van der Waals surface area contributed by atoms with E-state index in [9.17, 15) is 4.79 Å². The van der Waals surface area contributed by atoms with Crippen LogP contribution >= 0.6 is 0 Å². The molecule has 0 saturated heterocycles. The van der Waals surface area contributed by atoms with Crippen molar-refractivity contribution in [3.05, 3.63) is 29.6 Å². The Morgan fingerprint density at radius 2 is 2.36 bits per heavy atom. The van der Waals surface area contributed by atoms with E-state index in [4.69, 9.17) is 0 Å². The lowest BCUT2D eigenvalue weighted by Gasteiger charge is -2.27. The van der Waals surface area contributed by atoms with Gasteiger partial charge in [-0.25, -0.2) is 0 Å². The van der Waals surface area contributed by atoms with E-state index in [1.54, 1.807) is 12.3 Å². The van der Waals surface area contributed by atoms with Gasteiger partial charge < -0.3 is 5.32 Å². The molecule has 1 aromatic heterocycles. The Balaban J connectivity index is 2.46. The maximum Gasteiger partial charge on any atom is 0.253 e. The fraction of sp³-hybridized carbons (Fsp3) is 0.455. The predicted octanol–water partition coefficient (Wildman–Crippen LogP) is 1.56. The van der Waals surface area contributed by atoms with Crippen LogP contribution in [0.4, 0.5) is 0 Å². The first kappa shape index (κ1) is 9.19. The molecule has 1 aliphatic rings. The van der Waals surface area contributed by atoms with Crippen molar-refractivity contribution in [2.45, 2.75) is 19.8 Å². The molecule has 1 aromatic rings. The first-order chi connectivity index (χ1) is 6.70. The number of aromatic nitrogens is 1. The number of pyridine rings is 1. The number of rotatable bonds is 1. The summed E-state index contributed by atoms with van der Waals surface area (Å²) in [7, 11) is 0. The molecule has 0 aliphatic carbocycles. The lowest BCUT2D eigenvalue weighted by Crippen LogP contribution is -2.37. The Bertz CT molecular complexity index is 360. The maximum absolute atomic E-state index is 11.5. The summed E-state index contributed by atoms with van der Waals surface area (Å²) in [5.41, 5.74) is 1.68. The molecule has 1 unspecified atom stereocenters. The normalized spacial score (nSPS) is 20.5. The van der Waals surface area contributed by atoms with Crippen molar-refractivity contribution >= 4 is 5.91 Å². The van der Waals surface area contributed by atoms with Crippen LogP contribution in [-0.2, 0) is 0 Å². The van der Waals surface area contributed by atoms with E-state index in [1.165, 1.54) is 0 Å². The van der Waals surface area contributed by atoms with Crippen LogP contribution in [0.1, 0.15) is 35.8 Å². The highest BCUT2D eigenvalue weighted by Gasteiger charge is 2.27. The Kier molecular flexibility index (Phi) is 2.23. The highest BCUT2D eigenvalue weighted by Crippen LogP contribution is 2.27. The Morgan fingerprint density at radius 1 is 1.57 bits per heavy atom. The van der Waals surface area contributed by atoms with Crippen molar-refractivity contribution < 1.29 is 4.79 Å². The minimum atomic E-state index is 0.00463. The molecule has 0 radical (unpaired) electrons. The van der Waals surface area contributed by atoms with Crippen molar-refractivity contribution in [3.8, 4) is 0 Å². The van der Waals surface area contributed by atoms with Crippen molar-refractivity contribution in [2.75, 3.05) is 6.54 Å². The van der Waals surface area contributed by atoms with Gasteiger partial charge in [0.05, 0.1) is 11.3 Å². The van der Waals surface area contributed by atoms with Gasteiger partial charge >= 0.3 is 0 Å². The zero-order valence-corrected chi connectivity index (χ0v) is 8.45. The topological polar surface area (TPSA) is 42.0 Å². The van der Waals surface area contributed by atoms with E-state index >= 15 is 0 Å². The van der Waals surface area contributed by atoms with E-state index in [0.29, 0.717) is 18.4 Å². The fourth-order valence-corrected chi connectivity index (χ4v) is 1.85. The molecule has 1 amide bonds. The molecule has 14 heavy (non-hydrogen) atoms. The number of hydrogen-bond acceptors (Lipinski definition) is 2. The maximum atomic E-state index is 11.5.